The second-order valence-electron chi connectivity index (χ2n) is 5.79. The molecular formula is C13H25NO3. The molecule has 4 heteroatoms. The van der Waals surface area contributed by atoms with Crippen LogP contribution in [0.25, 0.3) is 0 Å². The van der Waals surface area contributed by atoms with Crippen LogP contribution in [0.5, 0.6) is 0 Å². The fourth-order valence-corrected chi connectivity index (χ4v) is 2.55. The molecule has 1 atom stereocenters. The van der Waals surface area contributed by atoms with Crippen molar-refractivity contribution in [2.45, 2.75) is 64.5 Å². The molecule has 0 bridgehead atoms. The molecule has 1 rings (SSSR count). The maximum atomic E-state index is 12.1. The summed E-state index contributed by atoms with van der Waals surface area (Å²) in [6, 6.07) is 0. The standard InChI is InChI=1S/C13H25NO3/c1-5-13(8-10-15)7-6-9-14(13)11(16)17-12(2,3)4/h15H,5-10H2,1-4H3. The first-order valence-electron chi connectivity index (χ1n) is 6.46. The number of aliphatic hydroxyl groups excluding tert-OH is 1. The van der Waals surface area contributed by atoms with Gasteiger partial charge in [-0.15, -0.1) is 0 Å². The minimum absolute atomic E-state index is 0.118. The molecular weight excluding hydrogens is 218 g/mol. The topological polar surface area (TPSA) is 49.8 Å². The normalized spacial score (nSPS) is 25.1. The number of carbonyl (C=O) groups is 1. The van der Waals surface area contributed by atoms with Gasteiger partial charge in [0, 0.05) is 18.7 Å². The van der Waals surface area contributed by atoms with Gasteiger partial charge in [-0.25, -0.2) is 4.79 Å². The van der Waals surface area contributed by atoms with Crippen molar-refractivity contribution in [3.05, 3.63) is 0 Å². The van der Waals surface area contributed by atoms with Gasteiger partial charge in [-0.1, -0.05) is 6.92 Å². The first kappa shape index (κ1) is 14.3. The van der Waals surface area contributed by atoms with Gasteiger partial charge >= 0.3 is 6.09 Å². The summed E-state index contributed by atoms with van der Waals surface area (Å²) in [4.78, 5) is 13.9. The molecule has 0 aromatic carbocycles. The Bertz CT molecular complexity index is 272. The average molecular weight is 243 g/mol. The molecule has 0 aliphatic carbocycles. The van der Waals surface area contributed by atoms with Crippen LogP contribution in [-0.2, 0) is 4.74 Å². The Morgan fingerprint density at radius 1 is 1.47 bits per heavy atom. The van der Waals surface area contributed by atoms with Crippen molar-refractivity contribution >= 4 is 6.09 Å². The smallest absolute Gasteiger partial charge is 0.410 e. The highest BCUT2D eigenvalue weighted by Gasteiger charge is 2.43. The summed E-state index contributed by atoms with van der Waals surface area (Å²) in [5, 5.41) is 9.18. The summed E-state index contributed by atoms with van der Waals surface area (Å²) in [6.45, 7) is 8.55. The Morgan fingerprint density at radius 2 is 2.12 bits per heavy atom. The number of amides is 1. The number of likely N-dealkylation sites (tertiary alicyclic amines) is 1. The summed E-state index contributed by atoms with van der Waals surface area (Å²) in [6.07, 6.45) is 3.22. The van der Waals surface area contributed by atoms with Crippen LogP contribution in [0.2, 0.25) is 0 Å². The Morgan fingerprint density at radius 3 is 2.59 bits per heavy atom. The highest BCUT2D eigenvalue weighted by molar-refractivity contribution is 5.69. The van der Waals surface area contributed by atoms with Gasteiger partial charge in [0.05, 0.1) is 0 Å². The fourth-order valence-electron chi connectivity index (χ4n) is 2.55. The highest BCUT2D eigenvalue weighted by Crippen LogP contribution is 2.36. The molecule has 17 heavy (non-hydrogen) atoms. The zero-order chi connectivity index (χ0) is 13.1. The Labute approximate surface area is 104 Å². The lowest BCUT2D eigenvalue weighted by atomic mass is 9.89. The van der Waals surface area contributed by atoms with E-state index in [1.165, 1.54) is 0 Å². The molecule has 1 saturated heterocycles. The third kappa shape index (κ3) is 3.35. The molecule has 1 unspecified atom stereocenters. The van der Waals surface area contributed by atoms with Crippen molar-refractivity contribution < 1.29 is 14.6 Å². The summed E-state index contributed by atoms with van der Waals surface area (Å²) in [7, 11) is 0. The quantitative estimate of drug-likeness (QED) is 0.828. The molecule has 1 amide bonds. The third-order valence-corrected chi connectivity index (χ3v) is 3.45. The summed E-state index contributed by atoms with van der Waals surface area (Å²) >= 11 is 0. The van der Waals surface area contributed by atoms with E-state index >= 15 is 0 Å². The summed E-state index contributed by atoms with van der Waals surface area (Å²) in [5.74, 6) is 0. The van der Waals surface area contributed by atoms with Crippen LogP contribution in [0.1, 0.15) is 53.4 Å². The predicted octanol–water partition coefficient (Wildman–Crippen LogP) is 2.55. The van der Waals surface area contributed by atoms with E-state index in [1.807, 2.05) is 25.7 Å². The predicted molar refractivity (Wildman–Crippen MR) is 66.9 cm³/mol. The highest BCUT2D eigenvalue weighted by atomic mass is 16.6. The van der Waals surface area contributed by atoms with Crippen LogP contribution in [-0.4, -0.2) is 40.4 Å². The van der Waals surface area contributed by atoms with E-state index in [0.717, 1.165) is 25.8 Å². The fraction of sp³-hybridized carbons (Fsp3) is 0.923. The van der Waals surface area contributed by atoms with E-state index in [2.05, 4.69) is 6.92 Å². The van der Waals surface area contributed by atoms with E-state index < -0.39 is 5.60 Å². The van der Waals surface area contributed by atoms with Gasteiger partial charge in [-0.05, 0) is 46.5 Å². The molecule has 0 aromatic rings. The van der Waals surface area contributed by atoms with Crippen molar-refractivity contribution in [3.63, 3.8) is 0 Å². The molecule has 4 nitrogen and oxygen atoms in total. The molecule has 1 heterocycles. The molecule has 1 aliphatic rings. The van der Waals surface area contributed by atoms with Crippen LogP contribution in [0, 0.1) is 0 Å². The SMILES string of the molecule is CCC1(CCO)CCCN1C(=O)OC(C)(C)C. The molecule has 0 aromatic heterocycles. The van der Waals surface area contributed by atoms with Crippen molar-refractivity contribution in [1.29, 1.82) is 0 Å². The molecule has 1 fully saturated rings. The maximum absolute atomic E-state index is 12.1. The van der Waals surface area contributed by atoms with Crippen LogP contribution < -0.4 is 0 Å². The number of ether oxygens (including phenoxy) is 1. The molecule has 100 valence electrons. The van der Waals surface area contributed by atoms with Crippen LogP contribution >= 0.6 is 0 Å². The van der Waals surface area contributed by atoms with E-state index in [-0.39, 0.29) is 18.2 Å². The molecule has 0 saturated carbocycles. The Balaban J connectivity index is 2.77. The number of rotatable bonds is 3. The van der Waals surface area contributed by atoms with Gasteiger partial charge in [-0.3, -0.25) is 0 Å². The number of nitrogens with zero attached hydrogens (tertiary/aromatic N) is 1. The van der Waals surface area contributed by atoms with Gasteiger partial charge in [0.25, 0.3) is 0 Å². The van der Waals surface area contributed by atoms with E-state index in [0.29, 0.717) is 6.42 Å². The van der Waals surface area contributed by atoms with Crippen LogP contribution in [0.15, 0.2) is 0 Å². The van der Waals surface area contributed by atoms with Crippen LogP contribution in [0.3, 0.4) is 0 Å². The first-order chi connectivity index (χ1) is 7.84. The van der Waals surface area contributed by atoms with Gasteiger partial charge in [0.1, 0.15) is 5.60 Å². The molecule has 0 spiro atoms. The van der Waals surface area contributed by atoms with Crippen molar-refractivity contribution in [2.75, 3.05) is 13.2 Å². The first-order valence-corrected chi connectivity index (χ1v) is 6.46. The molecule has 1 N–H and O–H groups in total. The van der Waals surface area contributed by atoms with Crippen molar-refractivity contribution in [2.24, 2.45) is 0 Å². The second kappa shape index (κ2) is 5.25. The second-order valence-corrected chi connectivity index (χ2v) is 5.79. The zero-order valence-electron chi connectivity index (χ0n) is 11.5. The van der Waals surface area contributed by atoms with E-state index in [1.54, 1.807) is 0 Å². The van der Waals surface area contributed by atoms with Crippen molar-refractivity contribution in [3.8, 4) is 0 Å². The minimum Gasteiger partial charge on any atom is -0.444 e. The van der Waals surface area contributed by atoms with Gasteiger partial charge in [0.2, 0.25) is 0 Å². The molecule has 1 aliphatic heterocycles. The molecule has 0 radical (unpaired) electrons. The van der Waals surface area contributed by atoms with Gasteiger partial charge in [-0.2, -0.15) is 0 Å². The minimum atomic E-state index is -0.460. The summed E-state index contributed by atoms with van der Waals surface area (Å²) < 4.78 is 5.43. The van der Waals surface area contributed by atoms with E-state index in [9.17, 15) is 9.90 Å². The Kier molecular flexibility index (Phi) is 4.42. The lowest BCUT2D eigenvalue weighted by Crippen LogP contribution is -2.49. The zero-order valence-corrected chi connectivity index (χ0v) is 11.5. The lowest BCUT2D eigenvalue weighted by Gasteiger charge is -2.38. The van der Waals surface area contributed by atoms with E-state index in [4.69, 9.17) is 4.74 Å². The number of carbonyl (C=O) groups excluding carboxylic acids is 1. The third-order valence-electron chi connectivity index (χ3n) is 3.45. The maximum Gasteiger partial charge on any atom is 0.410 e. The lowest BCUT2D eigenvalue weighted by molar-refractivity contribution is 0.00255. The average Bonchev–Trinajstić information content (AvgIpc) is 2.60. The van der Waals surface area contributed by atoms with Gasteiger partial charge < -0.3 is 14.7 Å². The summed E-state index contributed by atoms with van der Waals surface area (Å²) in [5.41, 5.74) is -0.657. The largest absolute Gasteiger partial charge is 0.444 e. The Hall–Kier alpha value is -0.770. The van der Waals surface area contributed by atoms with Crippen molar-refractivity contribution in [1.82, 2.24) is 4.90 Å². The monoisotopic (exact) mass is 243 g/mol. The number of hydrogen-bond donors (Lipinski definition) is 1. The van der Waals surface area contributed by atoms with Crippen LogP contribution in [0.4, 0.5) is 4.79 Å². The number of hydrogen-bond acceptors (Lipinski definition) is 3. The number of aliphatic hydroxyl groups is 1. The van der Waals surface area contributed by atoms with Gasteiger partial charge in [0.15, 0.2) is 0 Å².